The molecular formula is C24H21BrO5. The molecule has 6 heteroatoms. The van der Waals surface area contributed by atoms with Gasteiger partial charge < -0.3 is 14.2 Å². The molecule has 0 unspecified atom stereocenters. The summed E-state index contributed by atoms with van der Waals surface area (Å²) in [4.78, 5) is 24.6. The number of carbonyl (C=O) groups excluding carboxylic acids is 2. The molecule has 0 fully saturated rings. The minimum atomic E-state index is -0.601. The Bertz CT molecular complexity index is 1000. The van der Waals surface area contributed by atoms with Gasteiger partial charge in [0.05, 0.1) is 12.2 Å². The molecule has 0 heterocycles. The van der Waals surface area contributed by atoms with Gasteiger partial charge in [-0.2, -0.15) is 0 Å². The molecule has 0 aromatic heterocycles. The van der Waals surface area contributed by atoms with Gasteiger partial charge in [0.2, 0.25) is 0 Å². The van der Waals surface area contributed by atoms with Crippen LogP contribution in [0.15, 0.2) is 77.3 Å². The second-order valence-corrected chi connectivity index (χ2v) is 7.29. The fraction of sp³-hybridized carbons (Fsp3) is 0.167. The Morgan fingerprint density at radius 3 is 2.23 bits per heavy atom. The number of rotatable bonds is 9. The fourth-order valence-electron chi connectivity index (χ4n) is 2.69. The van der Waals surface area contributed by atoms with Crippen molar-refractivity contribution in [2.45, 2.75) is 13.5 Å². The largest absolute Gasteiger partial charge is 0.490 e. The van der Waals surface area contributed by atoms with Crippen LogP contribution in [0.4, 0.5) is 0 Å². The summed E-state index contributed by atoms with van der Waals surface area (Å²) in [6, 6.07) is 21.5. The first-order chi connectivity index (χ1) is 14.6. The molecule has 5 nitrogen and oxygen atoms in total. The molecule has 0 bridgehead atoms. The number of hydrogen-bond acceptors (Lipinski definition) is 5. The summed E-state index contributed by atoms with van der Waals surface area (Å²) in [5.41, 5.74) is 1.79. The number of esters is 1. The fourth-order valence-corrected chi connectivity index (χ4v) is 2.96. The summed E-state index contributed by atoms with van der Waals surface area (Å²) in [7, 11) is 0. The summed E-state index contributed by atoms with van der Waals surface area (Å²) in [5.74, 6) is 0.102. The van der Waals surface area contributed by atoms with E-state index in [-0.39, 0.29) is 18.0 Å². The Morgan fingerprint density at radius 1 is 0.833 bits per heavy atom. The first-order valence-corrected chi connectivity index (χ1v) is 10.3. The standard InChI is InChI=1S/C24H21BrO5/c1-2-28-23-14-19(10-13-22(23)29-15-17-6-4-3-5-7-17)24(27)30-16-21(26)18-8-11-20(25)12-9-18/h3-14H,2,15-16H2,1H3. The lowest BCUT2D eigenvalue weighted by Crippen LogP contribution is -2.14. The smallest absolute Gasteiger partial charge is 0.338 e. The van der Waals surface area contributed by atoms with E-state index in [1.54, 1.807) is 42.5 Å². The molecule has 0 aliphatic rings. The Labute approximate surface area is 183 Å². The van der Waals surface area contributed by atoms with E-state index < -0.39 is 5.97 Å². The highest BCUT2D eigenvalue weighted by molar-refractivity contribution is 9.10. The maximum absolute atomic E-state index is 12.4. The van der Waals surface area contributed by atoms with Crippen molar-refractivity contribution in [1.29, 1.82) is 0 Å². The van der Waals surface area contributed by atoms with Crippen molar-refractivity contribution in [2.75, 3.05) is 13.2 Å². The van der Waals surface area contributed by atoms with Gasteiger partial charge in [-0.3, -0.25) is 4.79 Å². The molecule has 0 radical (unpaired) electrons. The summed E-state index contributed by atoms with van der Waals surface area (Å²) in [5, 5.41) is 0. The lowest BCUT2D eigenvalue weighted by atomic mass is 10.1. The predicted molar refractivity (Wildman–Crippen MR) is 117 cm³/mol. The van der Waals surface area contributed by atoms with Crippen molar-refractivity contribution >= 4 is 27.7 Å². The molecular weight excluding hydrogens is 448 g/mol. The monoisotopic (exact) mass is 468 g/mol. The number of ether oxygens (including phenoxy) is 3. The highest BCUT2D eigenvalue weighted by Gasteiger charge is 2.15. The molecule has 30 heavy (non-hydrogen) atoms. The van der Waals surface area contributed by atoms with Crippen LogP contribution in [0.25, 0.3) is 0 Å². The maximum Gasteiger partial charge on any atom is 0.338 e. The number of hydrogen-bond donors (Lipinski definition) is 0. The van der Waals surface area contributed by atoms with Crippen LogP contribution in [-0.2, 0) is 11.3 Å². The van der Waals surface area contributed by atoms with Crippen LogP contribution >= 0.6 is 15.9 Å². The van der Waals surface area contributed by atoms with Crippen LogP contribution in [-0.4, -0.2) is 25.0 Å². The molecule has 0 spiro atoms. The Morgan fingerprint density at radius 2 is 1.53 bits per heavy atom. The van der Waals surface area contributed by atoms with Crippen LogP contribution < -0.4 is 9.47 Å². The summed E-state index contributed by atoms with van der Waals surface area (Å²) in [6.45, 7) is 2.31. The SMILES string of the molecule is CCOc1cc(C(=O)OCC(=O)c2ccc(Br)cc2)ccc1OCc1ccccc1. The molecule has 0 atom stereocenters. The average molecular weight is 469 g/mol. The van der Waals surface area contributed by atoms with Crippen LogP contribution in [0.1, 0.15) is 33.2 Å². The van der Waals surface area contributed by atoms with Gasteiger partial charge in [0, 0.05) is 10.0 Å². The van der Waals surface area contributed by atoms with E-state index in [1.807, 2.05) is 37.3 Å². The average Bonchev–Trinajstić information content (AvgIpc) is 2.77. The third-order valence-corrected chi connectivity index (χ3v) is 4.75. The second-order valence-electron chi connectivity index (χ2n) is 6.38. The van der Waals surface area contributed by atoms with Crippen LogP contribution in [0.2, 0.25) is 0 Å². The zero-order chi connectivity index (χ0) is 21.3. The number of halogens is 1. The van der Waals surface area contributed by atoms with Gasteiger partial charge in [0.25, 0.3) is 0 Å². The second kappa shape index (κ2) is 10.6. The summed E-state index contributed by atoms with van der Waals surface area (Å²) < 4.78 is 17.5. The molecule has 0 amide bonds. The lowest BCUT2D eigenvalue weighted by Gasteiger charge is -2.13. The highest BCUT2D eigenvalue weighted by Crippen LogP contribution is 2.29. The molecule has 0 saturated heterocycles. The molecule has 3 aromatic rings. The van der Waals surface area contributed by atoms with Gasteiger partial charge in [0.15, 0.2) is 23.9 Å². The molecule has 0 saturated carbocycles. The quantitative estimate of drug-likeness (QED) is 0.308. The highest BCUT2D eigenvalue weighted by atomic mass is 79.9. The van der Waals surface area contributed by atoms with E-state index in [4.69, 9.17) is 14.2 Å². The molecule has 0 aliphatic heterocycles. The van der Waals surface area contributed by atoms with Crippen molar-refractivity contribution in [3.05, 3.63) is 94.0 Å². The van der Waals surface area contributed by atoms with E-state index in [9.17, 15) is 9.59 Å². The zero-order valence-electron chi connectivity index (χ0n) is 16.5. The van der Waals surface area contributed by atoms with E-state index in [0.717, 1.165) is 10.0 Å². The third-order valence-electron chi connectivity index (χ3n) is 4.22. The summed E-state index contributed by atoms with van der Waals surface area (Å²) in [6.07, 6.45) is 0. The van der Waals surface area contributed by atoms with Crippen molar-refractivity contribution in [3.8, 4) is 11.5 Å². The van der Waals surface area contributed by atoms with Gasteiger partial charge in [-0.15, -0.1) is 0 Å². The van der Waals surface area contributed by atoms with Gasteiger partial charge in [-0.05, 0) is 42.8 Å². The predicted octanol–water partition coefficient (Wildman–Crippen LogP) is 5.47. The Balaban J connectivity index is 1.64. The normalized spacial score (nSPS) is 10.3. The van der Waals surface area contributed by atoms with Gasteiger partial charge in [-0.25, -0.2) is 4.79 Å². The number of ketones is 1. The van der Waals surface area contributed by atoms with E-state index in [1.165, 1.54) is 0 Å². The molecule has 154 valence electrons. The Kier molecular flexibility index (Phi) is 7.63. The molecule has 0 N–H and O–H groups in total. The topological polar surface area (TPSA) is 61.8 Å². The van der Waals surface area contributed by atoms with Gasteiger partial charge >= 0.3 is 5.97 Å². The molecule has 0 aliphatic carbocycles. The number of benzene rings is 3. The third kappa shape index (κ3) is 5.94. The van der Waals surface area contributed by atoms with Crippen LogP contribution in [0.3, 0.4) is 0 Å². The van der Waals surface area contributed by atoms with Gasteiger partial charge in [-0.1, -0.05) is 58.4 Å². The Hall–Kier alpha value is -3.12. The van der Waals surface area contributed by atoms with Crippen molar-refractivity contribution in [3.63, 3.8) is 0 Å². The minimum Gasteiger partial charge on any atom is -0.490 e. The van der Waals surface area contributed by atoms with Crippen molar-refractivity contribution in [1.82, 2.24) is 0 Å². The first-order valence-electron chi connectivity index (χ1n) is 9.46. The van der Waals surface area contributed by atoms with Crippen molar-refractivity contribution < 1.29 is 23.8 Å². The first kappa shape index (κ1) is 21.6. The van der Waals surface area contributed by atoms with Crippen LogP contribution in [0, 0.1) is 0 Å². The van der Waals surface area contributed by atoms with E-state index in [2.05, 4.69) is 15.9 Å². The molecule has 3 rings (SSSR count). The zero-order valence-corrected chi connectivity index (χ0v) is 18.1. The van der Waals surface area contributed by atoms with Gasteiger partial charge in [0.1, 0.15) is 6.61 Å². The maximum atomic E-state index is 12.4. The van der Waals surface area contributed by atoms with E-state index >= 15 is 0 Å². The molecule has 3 aromatic carbocycles. The van der Waals surface area contributed by atoms with E-state index in [0.29, 0.717) is 30.3 Å². The number of carbonyl (C=O) groups is 2. The number of Topliss-reactive ketones (excluding diaryl/α,β-unsaturated/α-hetero) is 1. The van der Waals surface area contributed by atoms with Crippen molar-refractivity contribution in [2.24, 2.45) is 0 Å². The minimum absolute atomic E-state index is 0.274. The summed E-state index contributed by atoms with van der Waals surface area (Å²) >= 11 is 3.32. The lowest BCUT2D eigenvalue weighted by molar-refractivity contribution is 0.0474. The van der Waals surface area contributed by atoms with Crippen LogP contribution in [0.5, 0.6) is 11.5 Å².